The van der Waals surface area contributed by atoms with Crippen LogP contribution < -0.4 is 10.1 Å². The Kier molecular flexibility index (Phi) is 5.95. The first kappa shape index (κ1) is 20.9. The number of carbonyl (C=O) groups excluding carboxylic acids is 1. The number of halogens is 1. The lowest BCUT2D eigenvalue weighted by Gasteiger charge is -2.13. The Morgan fingerprint density at radius 2 is 2.03 bits per heavy atom. The third kappa shape index (κ3) is 4.72. The lowest BCUT2D eigenvalue weighted by atomic mass is 10.2. The van der Waals surface area contributed by atoms with Gasteiger partial charge in [-0.2, -0.15) is 0 Å². The fourth-order valence-corrected chi connectivity index (χ4v) is 3.38. The Morgan fingerprint density at radius 1 is 1.19 bits per heavy atom. The van der Waals surface area contributed by atoms with Crippen LogP contribution in [0.1, 0.15) is 30.6 Å². The molecule has 0 bridgehead atoms. The molecule has 0 saturated heterocycles. The van der Waals surface area contributed by atoms with Crippen molar-refractivity contribution in [3.05, 3.63) is 70.7 Å². The molecule has 0 saturated carbocycles. The van der Waals surface area contributed by atoms with Gasteiger partial charge in [0, 0.05) is 16.8 Å². The van der Waals surface area contributed by atoms with E-state index in [0.29, 0.717) is 38.5 Å². The molecule has 6 nitrogen and oxygen atoms in total. The maximum Gasteiger partial charge on any atom is 0.255 e. The second-order valence-electron chi connectivity index (χ2n) is 7.19. The highest BCUT2D eigenvalue weighted by Gasteiger charge is 2.13. The number of oxazole rings is 1. The number of hydrogen-bond acceptors (Lipinski definition) is 5. The maximum absolute atomic E-state index is 12.7. The molecule has 0 aliphatic heterocycles. The Bertz CT molecular complexity index is 1250. The number of fused-ring (bicyclic) bond motifs is 1. The second-order valence-corrected chi connectivity index (χ2v) is 8.04. The summed E-state index contributed by atoms with van der Waals surface area (Å²) >= 11 is 3.29. The van der Waals surface area contributed by atoms with Crippen molar-refractivity contribution in [3.63, 3.8) is 0 Å². The number of aromatic nitrogens is 1. The number of anilines is 1. The average molecular weight is 481 g/mol. The van der Waals surface area contributed by atoms with E-state index in [-0.39, 0.29) is 17.8 Å². The minimum Gasteiger partial charge on any atom is -0.507 e. The van der Waals surface area contributed by atoms with Crippen molar-refractivity contribution in [2.24, 2.45) is 0 Å². The summed E-state index contributed by atoms with van der Waals surface area (Å²) in [5.41, 5.74) is 3.06. The third-order valence-electron chi connectivity index (χ3n) is 4.85. The largest absolute Gasteiger partial charge is 0.507 e. The molecule has 0 unspecified atom stereocenters. The molecule has 0 fully saturated rings. The van der Waals surface area contributed by atoms with Gasteiger partial charge in [-0.15, -0.1) is 0 Å². The van der Waals surface area contributed by atoms with E-state index in [1.807, 2.05) is 19.9 Å². The van der Waals surface area contributed by atoms with E-state index in [9.17, 15) is 9.90 Å². The third-order valence-corrected chi connectivity index (χ3v) is 5.48. The van der Waals surface area contributed by atoms with Crippen molar-refractivity contribution in [1.82, 2.24) is 4.98 Å². The van der Waals surface area contributed by atoms with Crippen LogP contribution in [0, 0.1) is 0 Å². The van der Waals surface area contributed by atoms with E-state index in [2.05, 4.69) is 26.2 Å². The molecule has 4 rings (SSSR count). The number of phenols is 1. The van der Waals surface area contributed by atoms with Crippen molar-refractivity contribution in [3.8, 4) is 23.0 Å². The molecule has 7 heteroatoms. The van der Waals surface area contributed by atoms with Crippen molar-refractivity contribution in [2.45, 2.75) is 26.4 Å². The topological polar surface area (TPSA) is 84.6 Å². The first-order valence-electron chi connectivity index (χ1n) is 9.90. The fraction of sp³-hybridized carbons (Fsp3) is 0.167. The summed E-state index contributed by atoms with van der Waals surface area (Å²) in [5, 5.41) is 12.6. The van der Waals surface area contributed by atoms with Crippen molar-refractivity contribution in [1.29, 1.82) is 0 Å². The van der Waals surface area contributed by atoms with Crippen LogP contribution in [0.25, 0.3) is 22.6 Å². The van der Waals surface area contributed by atoms with Gasteiger partial charge in [-0.25, -0.2) is 4.98 Å². The van der Waals surface area contributed by atoms with Crippen LogP contribution >= 0.6 is 15.9 Å². The SMILES string of the molecule is CC[C@@H](C)Oc1cccc(C(=O)Nc2ccc3oc(-c4ccc(O)c(Br)c4)nc3c2)c1. The van der Waals surface area contributed by atoms with Gasteiger partial charge < -0.3 is 19.6 Å². The molecule has 0 aliphatic rings. The van der Waals surface area contributed by atoms with Gasteiger partial charge in [0.05, 0.1) is 10.6 Å². The Labute approximate surface area is 188 Å². The molecular weight excluding hydrogens is 460 g/mol. The highest BCUT2D eigenvalue weighted by molar-refractivity contribution is 9.10. The number of carbonyl (C=O) groups is 1. The minimum absolute atomic E-state index is 0.0799. The number of amides is 1. The number of aromatic hydroxyl groups is 1. The van der Waals surface area contributed by atoms with E-state index in [1.54, 1.807) is 54.6 Å². The molecule has 0 aliphatic carbocycles. The lowest BCUT2D eigenvalue weighted by molar-refractivity contribution is 0.102. The molecular formula is C24H21BrN2O4. The molecule has 0 radical (unpaired) electrons. The van der Waals surface area contributed by atoms with Gasteiger partial charge in [0.15, 0.2) is 5.58 Å². The van der Waals surface area contributed by atoms with Gasteiger partial charge >= 0.3 is 0 Å². The lowest BCUT2D eigenvalue weighted by Crippen LogP contribution is -2.13. The predicted molar refractivity (Wildman–Crippen MR) is 124 cm³/mol. The van der Waals surface area contributed by atoms with E-state index < -0.39 is 0 Å². The predicted octanol–water partition coefficient (Wildman–Crippen LogP) is 6.39. The second kappa shape index (κ2) is 8.81. The van der Waals surface area contributed by atoms with Crippen LogP contribution in [0.3, 0.4) is 0 Å². The summed E-state index contributed by atoms with van der Waals surface area (Å²) in [4.78, 5) is 17.2. The van der Waals surface area contributed by atoms with Crippen LogP contribution in [0.2, 0.25) is 0 Å². The summed E-state index contributed by atoms with van der Waals surface area (Å²) in [7, 11) is 0. The standard InChI is InChI=1S/C24H21BrN2O4/c1-3-14(2)30-18-6-4-5-15(11-18)23(29)26-17-8-10-22-20(13-17)27-24(31-22)16-7-9-21(28)19(25)12-16/h4-14,28H,3H2,1-2H3,(H,26,29)/t14-/m1/s1. The highest BCUT2D eigenvalue weighted by atomic mass is 79.9. The van der Waals surface area contributed by atoms with Crippen molar-refractivity contribution < 1.29 is 19.1 Å². The molecule has 2 N–H and O–H groups in total. The smallest absolute Gasteiger partial charge is 0.255 e. The van der Waals surface area contributed by atoms with Gasteiger partial charge in [-0.1, -0.05) is 13.0 Å². The zero-order valence-corrected chi connectivity index (χ0v) is 18.6. The molecule has 1 atom stereocenters. The number of hydrogen-bond donors (Lipinski definition) is 2. The van der Waals surface area contributed by atoms with Gasteiger partial charge in [0.25, 0.3) is 5.91 Å². The van der Waals surface area contributed by atoms with Crippen molar-refractivity contribution in [2.75, 3.05) is 5.32 Å². The molecule has 1 amide bonds. The van der Waals surface area contributed by atoms with Crippen LogP contribution in [-0.4, -0.2) is 22.1 Å². The molecule has 3 aromatic carbocycles. The van der Waals surface area contributed by atoms with Gasteiger partial charge in [-0.3, -0.25) is 4.79 Å². The maximum atomic E-state index is 12.7. The molecule has 0 spiro atoms. The van der Waals surface area contributed by atoms with E-state index in [1.165, 1.54) is 0 Å². The highest BCUT2D eigenvalue weighted by Crippen LogP contribution is 2.31. The average Bonchev–Trinajstić information content (AvgIpc) is 3.19. The number of nitrogens with zero attached hydrogens (tertiary/aromatic N) is 1. The van der Waals surface area contributed by atoms with Crippen LogP contribution in [0.5, 0.6) is 11.5 Å². The number of ether oxygens (including phenoxy) is 1. The quantitative estimate of drug-likeness (QED) is 0.333. The van der Waals surface area contributed by atoms with Gasteiger partial charge in [0.1, 0.15) is 17.0 Å². The zero-order valence-electron chi connectivity index (χ0n) is 17.1. The summed E-state index contributed by atoms with van der Waals surface area (Å²) < 4.78 is 12.2. The summed E-state index contributed by atoms with van der Waals surface area (Å²) in [6.07, 6.45) is 0.966. The number of benzene rings is 3. The van der Waals surface area contributed by atoms with Crippen LogP contribution in [0.15, 0.2) is 69.6 Å². The fourth-order valence-electron chi connectivity index (χ4n) is 3.00. The monoisotopic (exact) mass is 480 g/mol. The van der Waals surface area contributed by atoms with Crippen LogP contribution in [0.4, 0.5) is 5.69 Å². The molecule has 31 heavy (non-hydrogen) atoms. The van der Waals surface area contributed by atoms with E-state index >= 15 is 0 Å². The van der Waals surface area contributed by atoms with Crippen LogP contribution in [-0.2, 0) is 0 Å². The Morgan fingerprint density at radius 3 is 2.81 bits per heavy atom. The summed E-state index contributed by atoms with van der Waals surface area (Å²) in [6, 6.07) is 17.4. The first-order valence-corrected chi connectivity index (χ1v) is 10.7. The number of rotatable bonds is 6. The minimum atomic E-state index is -0.236. The first-order chi connectivity index (χ1) is 14.9. The van der Waals surface area contributed by atoms with Crippen molar-refractivity contribution >= 4 is 38.6 Å². The Hall–Kier alpha value is -3.32. The molecule has 4 aromatic rings. The summed E-state index contributed by atoms with van der Waals surface area (Å²) in [5.74, 6) is 0.997. The molecule has 1 heterocycles. The molecule has 1 aromatic heterocycles. The summed E-state index contributed by atoms with van der Waals surface area (Å²) in [6.45, 7) is 4.04. The van der Waals surface area contributed by atoms with Gasteiger partial charge in [0.2, 0.25) is 5.89 Å². The number of phenolic OH excluding ortho intramolecular Hbond substituents is 1. The van der Waals surface area contributed by atoms with E-state index in [0.717, 1.165) is 12.0 Å². The molecule has 158 valence electrons. The van der Waals surface area contributed by atoms with E-state index in [4.69, 9.17) is 9.15 Å². The Balaban J connectivity index is 1.54. The van der Waals surface area contributed by atoms with Gasteiger partial charge in [-0.05, 0) is 83.9 Å². The normalized spacial score (nSPS) is 12.0. The zero-order chi connectivity index (χ0) is 22.0. The number of nitrogens with one attached hydrogen (secondary N) is 1.